The monoisotopic (exact) mass is 401 g/mol. The normalized spacial score (nSPS) is 16.5. The second kappa shape index (κ2) is 9.16. The summed E-state index contributed by atoms with van der Waals surface area (Å²) >= 11 is 0. The number of ether oxygens (including phenoxy) is 3. The number of carbonyl (C=O) groups excluding carboxylic acids is 1. The fourth-order valence-electron chi connectivity index (χ4n) is 2.74. The van der Waals surface area contributed by atoms with Crippen molar-refractivity contribution in [3.8, 4) is 5.75 Å². The van der Waals surface area contributed by atoms with Crippen LogP contribution >= 0.6 is 0 Å². The van der Waals surface area contributed by atoms with Crippen molar-refractivity contribution in [3.05, 3.63) is 24.3 Å². The number of aliphatic carboxylic acids is 1. The number of sulfone groups is 1. The standard InChI is InChI=1S/C17H23NO8S/c1-24-12-18-15(19)6-9-26-13-2-4-14(5-3-13)27(22,23)17(16(20)21)7-10-25-11-8-17/h2-5H,6-12H2,1H3,(H,18,19)(H,20,21). The van der Waals surface area contributed by atoms with Gasteiger partial charge in [0.1, 0.15) is 12.5 Å². The molecule has 0 unspecified atom stereocenters. The first-order valence-corrected chi connectivity index (χ1v) is 9.86. The van der Waals surface area contributed by atoms with E-state index in [2.05, 4.69) is 5.32 Å². The Balaban J connectivity index is 2.05. The van der Waals surface area contributed by atoms with Crippen LogP contribution in [0, 0.1) is 0 Å². The van der Waals surface area contributed by atoms with E-state index < -0.39 is 20.6 Å². The number of benzene rings is 1. The fraction of sp³-hybridized carbons (Fsp3) is 0.529. The van der Waals surface area contributed by atoms with Gasteiger partial charge in [0.15, 0.2) is 14.6 Å². The molecule has 1 heterocycles. The Morgan fingerprint density at radius 1 is 1.22 bits per heavy atom. The van der Waals surface area contributed by atoms with Gasteiger partial charge in [-0.05, 0) is 24.3 Å². The van der Waals surface area contributed by atoms with Crippen LogP contribution < -0.4 is 10.1 Å². The molecule has 0 spiro atoms. The van der Waals surface area contributed by atoms with Crippen LogP contribution in [-0.2, 0) is 28.9 Å². The Labute approximate surface area is 157 Å². The summed E-state index contributed by atoms with van der Waals surface area (Å²) in [5.74, 6) is -1.22. The van der Waals surface area contributed by atoms with Gasteiger partial charge in [-0.1, -0.05) is 0 Å². The van der Waals surface area contributed by atoms with E-state index >= 15 is 0 Å². The summed E-state index contributed by atoms with van der Waals surface area (Å²) in [4.78, 5) is 23.1. The molecule has 1 fully saturated rings. The molecule has 0 atom stereocenters. The molecule has 1 saturated heterocycles. The molecule has 9 nitrogen and oxygen atoms in total. The van der Waals surface area contributed by atoms with Crippen LogP contribution in [0.2, 0.25) is 0 Å². The van der Waals surface area contributed by atoms with Crippen LogP contribution in [0.4, 0.5) is 0 Å². The van der Waals surface area contributed by atoms with Gasteiger partial charge in [-0.25, -0.2) is 8.42 Å². The number of hydrogen-bond donors (Lipinski definition) is 2. The van der Waals surface area contributed by atoms with Crippen molar-refractivity contribution < 1.29 is 37.3 Å². The van der Waals surface area contributed by atoms with E-state index in [1.165, 1.54) is 31.4 Å². The van der Waals surface area contributed by atoms with Gasteiger partial charge >= 0.3 is 5.97 Å². The molecule has 0 saturated carbocycles. The van der Waals surface area contributed by atoms with E-state index in [-0.39, 0.29) is 56.6 Å². The first-order valence-electron chi connectivity index (χ1n) is 8.38. The SMILES string of the molecule is COCNC(=O)CCOc1ccc(S(=O)(=O)C2(C(=O)O)CCOCC2)cc1. The lowest BCUT2D eigenvalue weighted by Crippen LogP contribution is -2.50. The first-order chi connectivity index (χ1) is 12.8. The summed E-state index contributed by atoms with van der Waals surface area (Å²) in [5, 5.41) is 12.1. The molecule has 2 rings (SSSR count). The Kier molecular flexibility index (Phi) is 7.17. The smallest absolute Gasteiger partial charge is 0.325 e. The number of carboxylic acids is 1. The fourth-order valence-corrected chi connectivity index (χ4v) is 4.62. The predicted molar refractivity (Wildman–Crippen MR) is 94.2 cm³/mol. The van der Waals surface area contributed by atoms with Crippen LogP contribution in [0.3, 0.4) is 0 Å². The average Bonchev–Trinajstić information content (AvgIpc) is 2.67. The maximum atomic E-state index is 12.9. The number of carbonyl (C=O) groups is 2. The molecular formula is C17H23NO8S. The molecule has 1 aromatic carbocycles. The third-order valence-electron chi connectivity index (χ3n) is 4.35. The summed E-state index contributed by atoms with van der Waals surface area (Å²) in [6, 6.07) is 5.51. The van der Waals surface area contributed by atoms with Gasteiger partial charge in [0.05, 0.1) is 17.9 Å². The maximum absolute atomic E-state index is 12.9. The number of rotatable bonds is 9. The number of carboxylic acid groups (broad SMARTS) is 1. The largest absolute Gasteiger partial charge is 0.493 e. The van der Waals surface area contributed by atoms with Crippen molar-refractivity contribution >= 4 is 21.7 Å². The van der Waals surface area contributed by atoms with Crippen LogP contribution in [0.25, 0.3) is 0 Å². The molecule has 0 radical (unpaired) electrons. The molecule has 10 heteroatoms. The number of amides is 1. The van der Waals surface area contributed by atoms with Gasteiger partial charge in [-0.15, -0.1) is 0 Å². The highest BCUT2D eigenvalue weighted by Gasteiger charge is 2.52. The lowest BCUT2D eigenvalue weighted by Gasteiger charge is -2.32. The molecule has 0 bridgehead atoms. The van der Waals surface area contributed by atoms with Crippen LogP contribution in [0.1, 0.15) is 19.3 Å². The molecule has 0 aliphatic carbocycles. The van der Waals surface area contributed by atoms with Gasteiger partial charge in [-0.2, -0.15) is 0 Å². The van der Waals surface area contributed by atoms with Crippen molar-refractivity contribution in [2.24, 2.45) is 0 Å². The van der Waals surface area contributed by atoms with E-state index in [1.807, 2.05) is 0 Å². The van der Waals surface area contributed by atoms with Gasteiger partial charge in [0.25, 0.3) is 0 Å². The van der Waals surface area contributed by atoms with Crippen molar-refractivity contribution in [3.63, 3.8) is 0 Å². The van der Waals surface area contributed by atoms with E-state index in [4.69, 9.17) is 14.2 Å². The van der Waals surface area contributed by atoms with Gasteiger partial charge in [0, 0.05) is 33.2 Å². The second-order valence-electron chi connectivity index (χ2n) is 6.02. The minimum absolute atomic E-state index is 0.0812. The number of methoxy groups -OCH3 is 1. The highest BCUT2D eigenvalue weighted by molar-refractivity contribution is 7.93. The van der Waals surface area contributed by atoms with Crippen molar-refractivity contribution in [2.75, 3.05) is 33.7 Å². The highest BCUT2D eigenvalue weighted by Crippen LogP contribution is 2.35. The first kappa shape index (κ1) is 21.1. The van der Waals surface area contributed by atoms with Crippen LogP contribution in [-0.4, -0.2) is 63.8 Å². The van der Waals surface area contributed by atoms with E-state index in [1.54, 1.807) is 0 Å². The van der Waals surface area contributed by atoms with Gasteiger partial charge in [0.2, 0.25) is 5.91 Å². The molecule has 1 aliphatic rings. The second-order valence-corrected chi connectivity index (χ2v) is 8.28. The zero-order valence-electron chi connectivity index (χ0n) is 15.0. The van der Waals surface area contributed by atoms with E-state index in [0.29, 0.717) is 5.75 Å². The van der Waals surface area contributed by atoms with Crippen molar-refractivity contribution in [1.29, 1.82) is 0 Å². The quantitative estimate of drug-likeness (QED) is 0.575. The topological polar surface area (TPSA) is 128 Å². The van der Waals surface area contributed by atoms with Crippen LogP contribution in [0.5, 0.6) is 5.75 Å². The lowest BCUT2D eigenvalue weighted by atomic mass is 9.99. The van der Waals surface area contributed by atoms with Crippen molar-refractivity contribution in [1.82, 2.24) is 5.32 Å². The molecule has 1 aliphatic heterocycles. The molecule has 1 amide bonds. The Bertz CT molecular complexity index is 754. The number of hydrogen-bond acceptors (Lipinski definition) is 7. The Morgan fingerprint density at radius 3 is 2.41 bits per heavy atom. The highest BCUT2D eigenvalue weighted by atomic mass is 32.2. The Morgan fingerprint density at radius 2 is 1.85 bits per heavy atom. The minimum atomic E-state index is -4.10. The summed E-state index contributed by atoms with van der Waals surface area (Å²) in [6.07, 6.45) is -0.0788. The van der Waals surface area contributed by atoms with Gasteiger partial charge in [-0.3, -0.25) is 9.59 Å². The van der Waals surface area contributed by atoms with E-state index in [0.717, 1.165) is 0 Å². The third kappa shape index (κ3) is 4.76. The summed E-state index contributed by atoms with van der Waals surface area (Å²) in [6.45, 7) is 0.384. The van der Waals surface area contributed by atoms with Gasteiger partial charge < -0.3 is 24.6 Å². The third-order valence-corrected chi connectivity index (χ3v) is 6.85. The lowest BCUT2D eigenvalue weighted by molar-refractivity contribution is -0.142. The Hall–Kier alpha value is -2.17. The molecule has 0 aromatic heterocycles. The van der Waals surface area contributed by atoms with E-state index in [9.17, 15) is 23.1 Å². The minimum Gasteiger partial charge on any atom is -0.493 e. The summed E-state index contributed by atoms with van der Waals surface area (Å²) in [7, 11) is -2.64. The van der Waals surface area contributed by atoms with Crippen molar-refractivity contribution in [2.45, 2.75) is 28.9 Å². The van der Waals surface area contributed by atoms with Crippen LogP contribution in [0.15, 0.2) is 29.2 Å². The molecule has 2 N–H and O–H groups in total. The summed E-state index contributed by atoms with van der Waals surface area (Å²) in [5.41, 5.74) is 0. The zero-order chi connectivity index (χ0) is 19.9. The molecule has 1 aromatic rings. The summed E-state index contributed by atoms with van der Waals surface area (Å²) < 4.78 is 39.2. The molecular weight excluding hydrogens is 378 g/mol. The maximum Gasteiger partial charge on any atom is 0.325 e. The molecule has 150 valence electrons. The predicted octanol–water partition coefficient (Wildman–Crippen LogP) is 0.583. The zero-order valence-corrected chi connectivity index (χ0v) is 15.8. The number of nitrogens with one attached hydrogen (secondary N) is 1. The average molecular weight is 401 g/mol. The molecule has 27 heavy (non-hydrogen) atoms.